The van der Waals surface area contributed by atoms with Crippen LogP contribution in [0.5, 0.6) is 5.75 Å². The Morgan fingerprint density at radius 1 is 0.964 bits per heavy atom. The first-order valence-electron chi connectivity index (χ1n) is 8.90. The number of aryl methyl sites for hydroxylation is 1. The first-order valence-corrected chi connectivity index (χ1v) is 8.90. The number of benzene rings is 2. The number of pyridine rings is 1. The van der Waals surface area contributed by atoms with Crippen molar-refractivity contribution in [3.8, 4) is 5.75 Å². The number of para-hydroxylation sites is 1. The zero-order valence-electron chi connectivity index (χ0n) is 15.7. The van der Waals surface area contributed by atoms with Gasteiger partial charge >= 0.3 is 0 Å². The monoisotopic (exact) mass is 372 g/mol. The van der Waals surface area contributed by atoms with Crippen molar-refractivity contribution in [2.45, 2.75) is 20.5 Å². The Morgan fingerprint density at radius 2 is 1.79 bits per heavy atom. The number of aromatic nitrogens is 4. The van der Waals surface area contributed by atoms with Gasteiger partial charge in [-0.05, 0) is 43.2 Å². The maximum atomic E-state index is 5.91. The fourth-order valence-corrected chi connectivity index (χ4v) is 2.90. The molecule has 0 radical (unpaired) electrons. The van der Waals surface area contributed by atoms with E-state index in [1.807, 2.05) is 49.4 Å². The van der Waals surface area contributed by atoms with Gasteiger partial charge < -0.3 is 15.8 Å². The van der Waals surface area contributed by atoms with Gasteiger partial charge in [-0.1, -0.05) is 30.3 Å². The molecule has 0 amide bonds. The third kappa shape index (κ3) is 3.68. The molecule has 28 heavy (non-hydrogen) atoms. The van der Waals surface area contributed by atoms with E-state index in [9.17, 15) is 0 Å². The van der Waals surface area contributed by atoms with E-state index in [0.717, 1.165) is 22.2 Å². The topological polar surface area (TPSA) is 98.8 Å². The van der Waals surface area contributed by atoms with Crippen LogP contribution in [0.3, 0.4) is 0 Å². The average Bonchev–Trinajstić information content (AvgIpc) is 2.69. The lowest BCUT2D eigenvalue weighted by molar-refractivity contribution is 0.299. The largest absolute Gasteiger partial charge is 0.483 e. The molecule has 0 saturated heterocycles. The van der Waals surface area contributed by atoms with Gasteiger partial charge in [0, 0.05) is 17.3 Å². The fraction of sp³-hybridized carbons (Fsp3) is 0.143. The van der Waals surface area contributed by atoms with E-state index in [0.29, 0.717) is 17.5 Å². The minimum Gasteiger partial charge on any atom is -0.483 e. The third-order valence-corrected chi connectivity index (χ3v) is 4.50. The number of hydrogen-bond donors (Lipinski definition) is 2. The third-order valence-electron chi connectivity index (χ3n) is 4.50. The molecule has 7 heteroatoms. The number of nitrogens with two attached hydrogens (primary N) is 1. The Morgan fingerprint density at radius 3 is 2.68 bits per heavy atom. The number of fused-ring (bicyclic) bond motifs is 1. The number of ether oxygens (including phenoxy) is 1. The molecule has 4 aromatic rings. The van der Waals surface area contributed by atoms with E-state index < -0.39 is 0 Å². The van der Waals surface area contributed by atoms with Gasteiger partial charge in [0.2, 0.25) is 11.9 Å². The molecule has 0 bridgehead atoms. The van der Waals surface area contributed by atoms with Crippen LogP contribution in [0.25, 0.3) is 10.9 Å². The van der Waals surface area contributed by atoms with Crippen molar-refractivity contribution in [3.63, 3.8) is 0 Å². The van der Waals surface area contributed by atoms with E-state index >= 15 is 0 Å². The van der Waals surface area contributed by atoms with Crippen molar-refractivity contribution in [1.29, 1.82) is 0 Å². The van der Waals surface area contributed by atoms with Crippen LogP contribution >= 0.6 is 0 Å². The van der Waals surface area contributed by atoms with E-state index in [-0.39, 0.29) is 12.6 Å². The van der Waals surface area contributed by atoms with Gasteiger partial charge in [-0.3, -0.25) is 4.98 Å². The Labute approximate surface area is 162 Å². The molecule has 2 aromatic heterocycles. The number of rotatable bonds is 5. The Bertz CT molecular complexity index is 1140. The molecule has 0 spiro atoms. The Hall–Kier alpha value is -3.74. The number of nitrogen functional groups attached to an aromatic ring is 1. The molecule has 7 nitrogen and oxygen atoms in total. The molecule has 0 aliphatic heterocycles. The predicted octanol–water partition coefficient (Wildman–Crippen LogP) is 3.94. The van der Waals surface area contributed by atoms with Gasteiger partial charge in [-0.2, -0.15) is 15.0 Å². The Balaban J connectivity index is 1.56. The summed E-state index contributed by atoms with van der Waals surface area (Å²) >= 11 is 0. The van der Waals surface area contributed by atoms with Crippen molar-refractivity contribution in [2.24, 2.45) is 0 Å². The standard InChI is InChI=1S/C21H20N6O/c1-13-6-3-9-16(14(13)2)24-21-26-18(25-20(22)27-21)12-28-17-10-4-7-15-8-5-11-23-19(15)17/h3-11H,12H2,1-2H3,(H3,22,24,25,26,27). The van der Waals surface area contributed by atoms with E-state index in [1.165, 1.54) is 5.56 Å². The maximum absolute atomic E-state index is 5.91. The molecule has 0 atom stereocenters. The highest BCUT2D eigenvalue weighted by Gasteiger charge is 2.09. The average molecular weight is 372 g/mol. The molecule has 2 aromatic carbocycles. The molecular weight excluding hydrogens is 352 g/mol. The Kier molecular flexibility index (Phi) is 4.72. The minimum atomic E-state index is 0.137. The second-order valence-corrected chi connectivity index (χ2v) is 6.43. The van der Waals surface area contributed by atoms with Crippen molar-refractivity contribution >= 4 is 28.5 Å². The van der Waals surface area contributed by atoms with E-state index in [4.69, 9.17) is 10.5 Å². The summed E-state index contributed by atoms with van der Waals surface area (Å²) < 4.78 is 5.91. The first-order chi connectivity index (χ1) is 13.6. The maximum Gasteiger partial charge on any atom is 0.232 e. The van der Waals surface area contributed by atoms with Gasteiger partial charge in [0.1, 0.15) is 17.9 Å². The van der Waals surface area contributed by atoms with Crippen LogP contribution in [0.15, 0.2) is 54.7 Å². The summed E-state index contributed by atoms with van der Waals surface area (Å²) in [6.45, 7) is 4.25. The lowest BCUT2D eigenvalue weighted by atomic mass is 10.1. The fourth-order valence-electron chi connectivity index (χ4n) is 2.90. The smallest absolute Gasteiger partial charge is 0.232 e. The first kappa shape index (κ1) is 17.7. The van der Waals surface area contributed by atoms with Crippen LogP contribution in [0.1, 0.15) is 17.0 Å². The molecule has 0 fully saturated rings. The number of nitrogens with zero attached hydrogens (tertiary/aromatic N) is 4. The van der Waals surface area contributed by atoms with Crippen LogP contribution < -0.4 is 15.8 Å². The van der Waals surface area contributed by atoms with Gasteiger partial charge in [0.05, 0.1) is 0 Å². The lowest BCUT2D eigenvalue weighted by Crippen LogP contribution is -2.10. The highest BCUT2D eigenvalue weighted by molar-refractivity contribution is 5.84. The van der Waals surface area contributed by atoms with Crippen molar-refractivity contribution in [3.05, 3.63) is 71.7 Å². The van der Waals surface area contributed by atoms with Crippen LogP contribution in [0.2, 0.25) is 0 Å². The van der Waals surface area contributed by atoms with Crippen LogP contribution in [-0.2, 0) is 6.61 Å². The van der Waals surface area contributed by atoms with E-state index in [2.05, 4.69) is 38.2 Å². The molecule has 0 aliphatic rings. The number of hydrogen-bond acceptors (Lipinski definition) is 7. The molecule has 4 rings (SSSR count). The molecular formula is C21H20N6O. The highest BCUT2D eigenvalue weighted by atomic mass is 16.5. The summed E-state index contributed by atoms with van der Waals surface area (Å²) in [6.07, 6.45) is 1.74. The number of anilines is 3. The van der Waals surface area contributed by atoms with Crippen molar-refractivity contribution in [1.82, 2.24) is 19.9 Å². The second-order valence-electron chi connectivity index (χ2n) is 6.43. The van der Waals surface area contributed by atoms with Crippen LogP contribution in [0, 0.1) is 13.8 Å². The van der Waals surface area contributed by atoms with Crippen LogP contribution in [-0.4, -0.2) is 19.9 Å². The lowest BCUT2D eigenvalue weighted by Gasteiger charge is -2.12. The molecule has 0 aliphatic carbocycles. The van der Waals surface area contributed by atoms with Crippen molar-refractivity contribution in [2.75, 3.05) is 11.1 Å². The highest BCUT2D eigenvalue weighted by Crippen LogP contribution is 2.24. The summed E-state index contributed by atoms with van der Waals surface area (Å²) in [5.74, 6) is 1.63. The van der Waals surface area contributed by atoms with Crippen molar-refractivity contribution < 1.29 is 4.74 Å². The quantitative estimate of drug-likeness (QED) is 0.547. The van der Waals surface area contributed by atoms with Gasteiger partial charge in [-0.25, -0.2) is 0 Å². The van der Waals surface area contributed by atoms with Gasteiger partial charge in [0.15, 0.2) is 5.82 Å². The SMILES string of the molecule is Cc1cccc(Nc2nc(N)nc(COc3cccc4cccnc34)n2)c1C. The normalized spacial score (nSPS) is 10.8. The summed E-state index contributed by atoms with van der Waals surface area (Å²) in [5.41, 5.74) is 9.90. The molecule has 2 heterocycles. The molecule has 3 N–H and O–H groups in total. The summed E-state index contributed by atoms with van der Waals surface area (Å²) in [4.78, 5) is 17.2. The summed E-state index contributed by atoms with van der Waals surface area (Å²) in [7, 11) is 0. The molecule has 140 valence electrons. The molecule has 0 saturated carbocycles. The van der Waals surface area contributed by atoms with E-state index in [1.54, 1.807) is 6.20 Å². The van der Waals surface area contributed by atoms with Gasteiger partial charge in [-0.15, -0.1) is 0 Å². The summed E-state index contributed by atoms with van der Waals surface area (Å²) in [6, 6.07) is 15.7. The second kappa shape index (κ2) is 7.48. The summed E-state index contributed by atoms with van der Waals surface area (Å²) in [5, 5.41) is 4.22. The van der Waals surface area contributed by atoms with Crippen LogP contribution in [0.4, 0.5) is 17.6 Å². The zero-order valence-corrected chi connectivity index (χ0v) is 15.7. The predicted molar refractivity (Wildman–Crippen MR) is 110 cm³/mol. The molecule has 0 unspecified atom stereocenters. The number of nitrogens with one attached hydrogen (secondary N) is 1. The van der Waals surface area contributed by atoms with Gasteiger partial charge in [0.25, 0.3) is 0 Å². The zero-order chi connectivity index (χ0) is 19.5. The minimum absolute atomic E-state index is 0.137.